The monoisotopic (exact) mass is 368 g/mol. The van der Waals surface area contributed by atoms with Crippen LogP contribution in [0.15, 0.2) is 21.5 Å². The lowest BCUT2D eigenvalue weighted by Crippen LogP contribution is -2.19. The van der Waals surface area contributed by atoms with E-state index in [1.807, 2.05) is 0 Å². The van der Waals surface area contributed by atoms with Crippen LogP contribution in [0.4, 0.5) is 13.2 Å². The molecule has 0 bridgehead atoms. The van der Waals surface area contributed by atoms with E-state index in [0.29, 0.717) is 0 Å². The van der Waals surface area contributed by atoms with Crippen LogP contribution in [0.2, 0.25) is 0 Å². The van der Waals surface area contributed by atoms with Gasteiger partial charge in [-0.15, -0.1) is 13.2 Å². The molecule has 4 nitrogen and oxygen atoms in total. The van der Waals surface area contributed by atoms with Gasteiger partial charge in [0.25, 0.3) is 9.05 Å². The number of hydrogen-bond acceptors (Lipinski definition) is 4. The standard InChI is InChI=1S/C8H5BrClF3O4S/c1-16-5-3-2-4(9)6(17-8(11,12)13)7(5)18(10,14)15/h2-3H,1H3. The molecule has 0 fully saturated rings. The van der Waals surface area contributed by atoms with E-state index in [4.69, 9.17) is 10.7 Å². The lowest BCUT2D eigenvalue weighted by Gasteiger charge is -2.15. The highest BCUT2D eigenvalue weighted by molar-refractivity contribution is 9.10. The first-order valence-corrected chi connectivity index (χ1v) is 7.23. The molecule has 0 aliphatic heterocycles. The fourth-order valence-electron chi connectivity index (χ4n) is 1.12. The number of benzene rings is 1. The van der Waals surface area contributed by atoms with Crippen molar-refractivity contribution in [2.75, 3.05) is 7.11 Å². The number of methoxy groups -OCH3 is 1. The SMILES string of the molecule is COc1ccc(Br)c(OC(F)(F)F)c1S(=O)(=O)Cl. The minimum Gasteiger partial charge on any atom is -0.495 e. The molecule has 0 atom stereocenters. The quantitative estimate of drug-likeness (QED) is 0.767. The van der Waals surface area contributed by atoms with Gasteiger partial charge in [-0.1, -0.05) is 0 Å². The van der Waals surface area contributed by atoms with Crippen LogP contribution in [-0.4, -0.2) is 21.9 Å². The second-order valence-electron chi connectivity index (χ2n) is 2.89. The van der Waals surface area contributed by atoms with Crippen LogP contribution in [0.3, 0.4) is 0 Å². The molecule has 1 aromatic carbocycles. The average molecular weight is 370 g/mol. The number of hydrogen-bond donors (Lipinski definition) is 0. The van der Waals surface area contributed by atoms with Crippen LogP contribution in [0.5, 0.6) is 11.5 Å². The highest BCUT2D eigenvalue weighted by Gasteiger charge is 2.36. The van der Waals surface area contributed by atoms with E-state index in [1.54, 1.807) is 0 Å². The second-order valence-corrected chi connectivity index (χ2v) is 6.25. The zero-order valence-corrected chi connectivity index (χ0v) is 11.7. The Balaban J connectivity index is 3.57. The third-order valence-corrected chi connectivity index (χ3v) is 3.67. The van der Waals surface area contributed by atoms with Gasteiger partial charge >= 0.3 is 6.36 Å². The molecule has 10 heteroatoms. The van der Waals surface area contributed by atoms with E-state index in [2.05, 4.69) is 25.4 Å². The Bertz CT molecular complexity index is 558. The first-order chi connectivity index (χ1) is 8.06. The van der Waals surface area contributed by atoms with Gasteiger partial charge in [0.15, 0.2) is 10.6 Å². The van der Waals surface area contributed by atoms with Crippen molar-refractivity contribution in [2.24, 2.45) is 0 Å². The zero-order valence-electron chi connectivity index (χ0n) is 8.59. The summed E-state index contributed by atoms with van der Waals surface area (Å²) in [6, 6.07) is 2.29. The highest BCUT2D eigenvalue weighted by Crippen LogP contribution is 2.42. The third kappa shape index (κ3) is 3.66. The molecule has 102 valence electrons. The van der Waals surface area contributed by atoms with E-state index in [0.717, 1.165) is 19.2 Å². The lowest BCUT2D eigenvalue weighted by atomic mass is 10.3. The normalized spacial score (nSPS) is 12.3. The van der Waals surface area contributed by atoms with E-state index in [-0.39, 0.29) is 10.2 Å². The van der Waals surface area contributed by atoms with Gasteiger partial charge in [-0.2, -0.15) is 0 Å². The summed E-state index contributed by atoms with van der Waals surface area (Å²) in [6.45, 7) is 0. The van der Waals surface area contributed by atoms with Crippen LogP contribution >= 0.6 is 26.6 Å². The molecule has 1 rings (SSSR count). The van der Waals surface area contributed by atoms with Crippen LogP contribution in [-0.2, 0) is 9.05 Å². The van der Waals surface area contributed by atoms with Gasteiger partial charge in [-0.05, 0) is 28.1 Å². The number of ether oxygens (including phenoxy) is 2. The predicted molar refractivity (Wildman–Crippen MR) is 60.4 cm³/mol. The van der Waals surface area contributed by atoms with Gasteiger partial charge in [-0.25, -0.2) is 8.42 Å². The van der Waals surface area contributed by atoms with Crippen molar-refractivity contribution < 1.29 is 31.1 Å². The van der Waals surface area contributed by atoms with Gasteiger partial charge in [-0.3, -0.25) is 0 Å². The summed E-state index contributed by atoms with van der Waals surface area (Å²) in [5.74, 6) is -1.33. The Morgan fingerprint density at radius 3 is 2.28 bits per heavy atom. The molecule has 0 unspecified atom stereocenters. The van der Waals surface area contributed by atoms with Gasteiger partial charge in [0.2, 0.25) is 0 Å². The minimum atomic E-state index is -5.06. The Kier molecular flexibility index (Phi) is 4.39. The molecule has 0 saturated heterocycles. The van der Waals surface area contributed by atoms with Crippen molar-refractivity contribution in [3.63, 3.8) is 0 Å². The van der Waals surface area contributed by atoms with E-state index < -0.39 is 26.1 Å². The zero-order chi connectivity index (χ0) is 14.1. The molecule has 0 aliphatic carbocycles. The molecule has 0 amide bonds. The third-order valence-electron chi connectivity index (χ3n) is 1.71. The number of halogens is 5. The fraction of sp³-hybridized carbons (Fsp3) is 0.250. The maximum Gasteiger partial charge on any atom is 0.573 e. The Morgan fingerprint density at radius 2 is 1.89 bits per heavy atom. The molecule has 0 aliphatic rings. The summed E-state index contributed by atoms with van der Waals surface area (Å²) in [6.07, 6.45) is -5.06. The van der Waals surface area contributed by atoms with Gasteiger partial charge in [0.05, 0.1) is 11.6 Å². The van der Waals surface area contributed by atoms with Crippen molar-refractivity contribution in [1.82, 2.24) is 0 Å². The Hall–Kier alpha value is -0.670. The lowest BCUT2D eigenvalue weighted by molar-refractivity contribution is -0.275. The smallest absolute Gasteiger partial charge is 0.495 e. The molecule has 0 N–H and O–H groups in total. The largest absolute Gasteiger partial charge is 0.573 e. The minimum absolute atomic E-state index is 0.222. The number of rotatable bonds is 3. The molecule has 0 heterocycles. The molecule has 18 heavy (non-hydrogen) atoms. The highest BCUT2D eigenvalue weighted by atomic mass is 79.9. The van der Waals surface area contributed by atoms with E-state index in [9.17, 15) is 21.6 Å². The molecular weight excluding hydrogens is 365 g/mol. The summed E-state index contributed by atoms with van der Waals surface area (Å²) in [5.41, 5.74) is 0. The van der Waals surface area contributed by atoms with E-state index in [1.165, 1.54) is 0 Å². The molecule has 0 radical (unpaired) electrons. The maximum absolute atomic E-state index is 12.2. The summed E-state index contributed by atoms with van der Waals surface area (Å²) < 4.78 is 67.3. The Morgan fingerprint density at radius 1 is 1.33 bits per heavy atom. The second kappa shape index (κ2) is 5.14. The first-order valence-electron chi connectivity index (χ1n) is 4.13. The molecule has 0 aromatic heterocycles. The molecule has 1 aromatic rings. The van der Waals surface area contributed by atoms with Crippen molar-refractivity contribution in [3.8, 4) is 11.5 Å². The Labute approximate surface area is 113 Å². The summed E-state index contributed by atoms with van der Waals surface area (Å²) >= 11 is 2.75. The van der Waals surface area contributed by atoms with Crippen LogP contribution in [0, 0.1) is 0 Å². The van der Waals surface area contributed by atoms with Crippen molar-refractivity contribution in [1.29, 1.82) is 0 Å². The van der Waals surface area contributed by atoms with Crippen molar-refractivity contribution in [3.05, 3.63) is 16.6 Å². The topological polar surface area (TPSA) is 52.6 Å². The van der Waals surface area contributed by atoms with Gasteiger partial charge < -0.3 is 9.47 Å². The molecular formula is C8H5BrClF3O4S. The predicted octanol–water partition coefficient (Wildman–Crippen LogP) is 3.28. The molecule has 0 saturated carbocycles. The van der Waals surface area contributed by atoms with Crippen LogP contribution in [0.25, 0.3) is 0 Å². The van der Waals surface area contributed by atoms with E-state index >= 15 is 0 Å². The fourth-order valence-corrected chi connectivity index (χ4v) is 2.87. The maximum atomic E-state index is 12.2. The van der Waals surface area contributed by atoms with Crippen molar-refractivity contribution in [2.45, 2.75) is 11.3 Å². The summed E-state index contributed by atoms with van der Waals surface area (Å²) in [5, 5.41) is 0. The summed E-state index contributed by atoms with van der Waals surface area (Å²) in [7, 11) is 1.68. The first kappa shape index (κ1) is 15.4. The van der Waals surface area contributed by atoms with Gasteiger partial charge in [0, 0.05) is 10.7 Å². The van der Waals surface area contributed by atoms with Crippen LogP contribution < -0.4 is 9.47 Å². The van der Waals surface area contributed by atoms with Crippen molar-refractivity contribution >= 4 is 35.7 Å². The summed E-state index contributed by atoms with van der Waals surface area (Å²) in [4.78, 5) is -0.890. The molecule has 0 spiro atoms. The average Bonchev–Trinajstić information content (AvgIpc) is 2.17. The van der Waals surface area contributed by atoms with Crippen LogP contribution in [0.1, 0.15) is 0 Å². The number of alkyl halides is 3. The van der Waals surface area contributed by atoms with Gasteiger partial charge in [0.1, 0.15) is 5.75 Å².